The molecule has 1 atom stereocenters. The Morgan fingerprint density at radius 2 is 1.91 bits per heavy atom. The molecule has 0 unspecified atom stereocenters. The minimum absolute atomic E-state index is 0.239. The number of carbonyl (C=O) groups excluding carboxylic acids is 1. The second-order valence-corrected chi connectivity index (χ2v) is 5.60. The van der Waals surface area contributed by atoms with Crippen LogP contribution in [0.25, 0.3) is 10.9 Å². The maximum absolute atomic E-state index is 12.3. The van der Waals surface area contributed by atoms with Crippen molar-refractivity contribution in [2.45, 2.75) is 45.1 Å². The van der Waals surface area contributed by atoms with Crippen LogP contribution in [0.2, 0.25) is 0 Å². The van der Waals surface area contributed by atoms with Gasteiger partial charge >= 0.3 is 5.97 Å². The highest BCUT2D eigenvalue weighted by molar-refractivity contribution is 5.96. The molecule has 1 amide bonds. The second-order valence-electron chi connectivity index (χ2n) is 5.60. The normalized spacial score (nSPS) is 12.0. The molecule has 23 heavy (non-hydrogen) atoms. The summed E-state index contributed by atoms with van der Waals surface area (Å²) in [5.41, 5.74) is 0.957. The number of fused-ring (bicyclic) bond motifs is 1. The van der Waals surface area contributed by atoms with E-state index in [-0.39, 0.29) is 5.69 Å². The average Bonchev–Trinajstić information content (AvgIpc) is 2.56. The maximum atomic E-state index is 12.3. The molecule has 1 aromatic heterocycles. The number of carboxylic acids is 1. The van der Waals surface area contributed by atoms with Crippen LogP contribution in [0.4, 0.5) is 0 Å². The third-order valence-electron chi connectivity index (χ3n) is 3.78. The SMILES string of the molecule is CCCCCC[C@@H](NC(=O)c1ccc2ccccc2n1)C(=O)O. The Bertz CT molecular complexity index is 685. The quantitative estimate of drug-likeness (QED) is 0.732. The van der Waals surface area contributed by atoms with Crippen LogP contribution in [0.15, 0.2) is 36.4 Å². The Balaban J connectivity index is 2.03. The molecule has 1 heterocycles. The summed E-state index contributed by atoms with van der Waals surface area (Å²) in [5.74, 6) is -1.45. The molecular formula is C18H22N2O3. The average molecular weight is 314 g/mol. The number of carboxylic acid groups (broad SMARTS) is 1. The molecule has 5 heteroatoms. The molecule has 2 rings (SSSR count). The summed E-state index contributed by atoms with van der Waals surface area (Å²) in [6.45, 7) is 2.10. The van der Waals surface area contributed by atoms with Crippen LogP contribution in [-0.2, 0) is 4.79 Å². The van der Waals surface area contributed by atoms with Gasteiger partial charge in [-0.15, -0.1) is 0 Å². The Morgan fingerprint density at radius 1 is 1.13 bits per heavy atom. The third-order valence-corrected chi connectivity index (χ3v) is 3.78. The topological polar surface area (TPSA) is 79.3 Å². The van der Waals surface area contributed by atoms with Gasteiger partial charge in [-0.3, -0.25) is 4.79 Å². The first-order valence-electron chi connectivity index (χ1n) is 8.01. The molecule has 2 N–H and O–H groups in total. The zero-order valence-corrected chi connectivity index (χ0v) is 13.3. The van der Waals surface area contributed by atoms with Gasteiger partial charge in [0.1, 0.15) is 11.7 Å². The minimum atomic E-state index is -1.00. The van der Waals surface area contributed by atoms with Gasteiger partial charge in [0.05, 0.1) is 5.52 Å². The monoisotopic (exact) mass is 314 g/mol. The molecule has 0 aliphatic carbocycles. The van der Waals surface area contributed by atoms with E-state index in [4.69, 9.17) is 0 Å². The number of nitrogens with zero attached hydrogens (tertiary/aromatic N) is 1. The largest absolute Gasteiger partial charge is 0.480 e. The van der Waals surface area contributed by atoms with E-state index in [1.165, 1.54) is 0 Å². The highest BCUT2D eigenvalue weighted by atomic mass is 16.4. The Labute approximate surface area is 135 Å². The predicted molar refractivity (Wildman–Crippen MR) is 89.4 cm³/mol. The number of amides is 1. The molecule has 122 valence electrons. The molecule has 0 spiro atoms. The summed E-state index contributed by atoms with van der Waals surface area (Å²) in [6, 6.07) is 10.1. The summed E-state index contributed by atoms with van der Waals surface area (Å²) in [7, 11) is 0. The zero-order chi connectivity index (χ0) is 16.7. The van der Waals surface area contributed by atoms with E-state index in [9.17, 15) is 14.7 Å². The van der Waals surface area contributed by atoms with E-state index >= 15 is 0 Å². The van der Waals surface area contributed by atoms with Crippen LogP contribution in [0.5, 0.6) is 0 Å². The summed E-state index contributed by atoms with van der Waals surface area (Å²) in [5, 5.41) is 12.8. The first-order chi connectivity index (χ1) is 11.1. The first-order valence-corrected chi connectivity index (χ1v) is 8.01. The second kappa shape index (κ2) is 8.27. The molecule has 0 fully saturated rings. The number of aromatic nitrogens is 1. The van der Waals surface area contributed by atoms with Crippen molar-refractivity contribution in [1.82, 2.24) is 10.3 Å². The Hall–Kier alpha value is -2.43. The molecule has 1 aromatic carbocycles. The molecule has 0 aliphatic heterocycles. The van der Waals surface area contributed by atoms with Crippen LogP contribution in [0.3, 0.4) is 0 Å². The summed E-state index contributed by atoms with van der Waals surface area (Å²) in [6.07, 6.45) is 4.37. The number of aliphatic carboxylic acids is 1. The van der Waals surface area contributed by atoms with Crippen LogP contribution < -0.4 is 5.32 Å². The van der Waals surface area contributed by atoms with Crippen molar-refractivity contribution < 1.29 is 14.7 Å². The van der Waals surface area contributed by atoms with E-state index in [0.717, 1.165) is 36.6 Å². The smallest absolute Gasteiger partial charge is 0.326 e. The number of pyridine rings is 1. The van der Waals surface area contributed by atoms with Gasteiger partial charge < -0.3 is 10.4 Å². The maximum Gasteiger partial charge on any atom is 0.326 e. The minimum Gasteiger partial charge on any atom is -0.480 e. The lowest BCUT2D eigenvalue weighted by Gasteiger charge is -2.14. The number of benzene rings is 1. The van der Waals surface area contributed by atoms with E-state index in [2.05, 4.69) is 17.2 Å². The fraction of sp³-hybridized carbons (Fsp3) is 0.389. The Morgan fingerprint density at radius 3 is 2.65 bits per heavy atom. The third kappa shape index (κ3) is 4.77. The molecular weight excluding hydrogens is 292 g/mol. The van der Waals surface area contributed by atoms with E-state index in [1.54, 1.807) is 6.07 Å². The van der Waals surface area contributed by atoms with Crippen molar-refractivity contribution in [2.75, 3.05) is 0 Å². The van der Waals surface area contributed by atoms with E-state index in [0.29, 0.717) is 6.42 Å². The van der Waals surface area contributed by atoms with Gasteiger partial charge in [-0.2, -0.15) is 0 Å². The van der Waals surface area contributed by atoms with E-state index < -0.39 is 17.9 Å². The molecule has 0 bridgehead atoms. The molecule has 0 aliphatic rings. The van der Waals surface area contributed by atoms with Gasteiger partial charge in [0.25, 0.3) is 5.91 Å². The van der Waals surface area contributed by atoms with Gasteiger partial charge in [-0.25, -0.2) is 9.78 Å². The zero-order valence-electron chi connectivity index (χ0n) is 13.3. The lowest BCUT2D eigenvalue weighted by atomic mass is 10.1. The molecule has 0 saturated carbocycles. The van der Waals surface area contributed by atoms with Gasteiger partial charge in [-0.05, 0) is 18.6 Å². The first kappa shape index (κ1) is 16.9. The van der Waals surface area contributed by atoms with Crippen molar-refractivity contribution in [3.05, 3.63) is 42.1 Å². The van der Waals surface area contributed by atoms with Crippen LogP contribution in [-0.4, -0.2) is 28.0 Å². The molecule has 0 saturated heterocycles. The van der Waals surface area contributed by atoms with Gasteiger partial charge in [0.2, 0.25) is 0 Å². The lowest BCUT2D eigenvalue weighted by molar-refractivity contribution is -0.139. The fourth-order valence-corrected chi connectivity index (χ4v) is 2.46. The van der Waals surface area contributed by atoms with Crippen molar-refractivity contribution >= 4 is 22.8 Å². The number of carbonyl (C=O) groups is 2. The van der Waals surface area contributed by atoms with Crippen LogP contribution >= 0.6 is 0 Å². The summed E-state index contributed by atoms with van der Waals surface area (Å²) < 4.78 is 0. The highest BCUT2D eigenvalue weighted by Crippen LogP contribution is 2.12. The molecule has 5 nitrogen and oxygen atoms in total. The predicted octanol–water partition coefficient (Wildman–Crippen LogP) is 3.39. The van der Waals surface area contributed by atoms with Crippen LogP contribution in [0, 0.1) is 0 Å². The van der Waals surface area contributed by atoms with Gasteiger partial charge in [-0.1, -0.05) is 56.9 Å². The lowest BCUT2D eigenvalue weighted by Crippen LogP contribution is -2.41. The van der Waals surface area contributed by atoms with Gasteiger partial charge in [0, 0.05) is 5.39 Å². The van der Waals surface area contributed by atoms with Crippen molar-refractivity contribution in [1.29, 1.82) is 0 Å². The van der Waals surface area contributed by atoms with Crippen molar-refractivity contribution in [2.24, 2.45) is 0 Å². The number of para-hydroxylation sites is 1. The number of rotatable bonds is 8. The van der Waals surface area contributed by atoms with Crippen molar-refractivity contribution in [3.8, 4) is 0 Å². The number of unbranched alkanes of at least 4 members (excludes halogenated alkanes) is 3. The number of hydrogen-bond acceptors (Lipinski definition) is 3. The fourth-order valence-electron chi connectivity index (χ4n) is 2.46. The van der Waals surface area contributed by atoms with Gasteiger partial charge in [0.15, 0.2) is 0 Å². The van der Waals surface area contributed by atoms with Crippen LogP contribution in [0.1, 0.15) is 49.5 Å². The standard InChI is InChI=1S/C18H22N2O3/c1-2-3-4-5-10-16(18(22)23)20-17(21)15-12-11-13-8-6-7-9-14(13)19-15/h6-9,11-12,16H,2-5,10H2,1H3,(H,20,21)(H,22,23)/t16-/m1/s1. The van der Waals surface area contributed by atoms with Crippen molar-refractivity contribution in [3.63, 3.8) is 0 Å². The molecule has 2 aromatic rings. The summed E-state index contributed by atoms with van der Waals surface area (Å²) >= 11 is 0. The number of hydrogen-bond donors (Lipinski definition) is 2. The molecule has 0 radical (unpaired) electrons. The van der Waals surface area contributed by atoms with E-state index in [1.807, 2.05) is 30.3 Å². The highest BCUT2D eigenvalue weighted by Gasteiger charge is 2.20. The number of nitrogens with one attached hydrogen (secondary N) is 1. The Kier molecular flexibility index (Phi) is 6.09. The summed E-state index contributed by atoms with van der Waals surface area (Å²) in [4.78, 5) is 27.9.